The van der Waals surface area contributed by atoms with Crippen LogP contribution in [-0.2, 0) is 6.42 Å². The number of benzene rings is 1. The first-order chi connectivity index (χ1) is 12.7. The van der Waals surface area contributed by atoms with Crippen LogP contribution >= 0.6 is 0 Å². The number of nitrogens with zero attached hydrogens (tertiary/aromatic N) is 4. The highest BCUT2D eigenvalue weighted by molar-refractivity contribution is 5.70. The summed E-state index contributed by atoms with van der Waals surface area (Å²) in [6.07, 6.45) is 6.05. The number of nitrogens with one attached hydrogen (secondary N) is 1. The lowest BCUT2D eigenvalue weighted by atomic mass is 9.90. The molecule has 2 aromatic rings. The molecule has 1 N–H and O–H groups in total. The molecule has 136 valence electrons. The van der Waals surface area contributed by atoms with Crippen molar-refractivity contribution in [3.8, 4) is 0 Å². The zero-order valence-electron chi connectivity index (χ0n) is 14.7. The Kier molecular flexibility index (Phi) is 5.78. The highest BCUT2D eigenvalue weighted by atomic mass is 16.6. The van der Waals surface area contributed by atoms with Gasteiger partial charge in [0.05, 0.1) is 4.92 Å². The lowest BCUT2D eigenvalue weighted by Crippen LogP contribution is -2.35. The Bertz CT molecular complexity index is 758. The summed E-state index contributed by atoms with van der Waals surface area (Å²) >= 11 is 0. The van der Waals surface area contributed by atoms with Gasteiger partial charge in [-0.25, -0.2) is 9.97 Å². The number of nitro groups is 1. The predicted octanol–water partition coefficient (Wildman–Crippen LogP) is 3.44. The summed E-state index contributed by atoms with van der Waals surface area (Å²) in [5.41, 5.74) is 1.28. The van der Waals surface area contributed by atoms with Gasteiger partial charge in [0, 0.05) is 19.6 Å². The third kappa shape index (κ3) is 4.17. The lowest BCUT2D eigenvalue weighted by molar-refractivity contribution is -0.383. The average Bonchev–Trinajstić information content (AvgIpc) is 2.67. The summed E-state index contributed by atoms with van der Waals surface area (Å²) in [7, 11) is 0. The molecule has 26 heavy (non-hydrogen) atoms. The van der Waals surface area contributed by atoms with Crippen LogP contribution in [0.5, 0.6) is 0 Å². The standard InChI is InChI=1S/C19H23N5O2/c1-2-10-20-18-17(24(25)26)19(22-14-21-18)23-11-8-16(9-12-23)13-15-6-4-3-5-7-15/h2-7,14,16H,1,8-13H2,(H,20,21,22). The first kappa shape index (κ1) is 17.8. The summed E-state index contributed by atoms with van der Waals surface area (Å²) in [5, 5.41) is 14.5. The van der Waals surface area contributed by atoms with Crippen LogP contribution in [-0.4, -0.2) is 34.5 Å². The minimum atomic E-state index is -0.406. The molecule has 3 rings (SSSR count). The molecule has 1 saturated heterocycles. The van der Waals surface area contributed by atoms with Crippen LogP contribution in [0.3, 0.4) is 0 Å². The molecule has 0 atom stereocenters. The molecule has 1 fully saturated rings. The fourth-order valence-corrected chi connectivity index (χ4v) is 3.36. The number of anilines is 2. The second-order valence-electron chi connectivity index (χ2n) is 6.44. The maximum atomic E-state index is 11.6. The van der Waals surface area contributed by atoms with Gasteiger partial charge in [0.25, 0.3) is 0 Å². The van der Waals surface area contributed by atoms with Crippen molar-refractivity contribution in [3.63, 3.8) is 0 Å². The van der Waals surface area contributed by atoms with Gasteiger partial charge in [-0.3, -0.25) is 10.1 Å². The molecule has 1 aromatic carbocycles. The Balaban J connectivity index is 1.70. The van der Waals surface area contributed by atoms with Crippen molar-refractivity contribution in [1.82, 2.24) is 9.97 Å². The molecule has 1 aliphatic rings. The largest absolute Gasteiger partial charge is 0.361 e. The van der Waals surface area contributed by atoms with Crippen LogP contribution in [0.15, 0.2) is 49.3 Å². The van der Waals surface area contributed by atoms with Crippen LogP contribution in [0.2, 0.25) is 0 Å². The van der Waals surface area contributed by atoms with Gasteiger partial charge >= 0.3 is 5.69 Å². The topological polar surface area (TPSA) is 84.2 Å². The van der Waals surface area contributed by atoms with Gasteiger partial charge in [-0.15, -0.1) is 6.58 Å². The van der Waals surface area contributed by atoms with Crippen LogP contribution in [0.4, 0.5) is 17.3 Å². The van der Waals surface area contributed by atoms with Crippen LogP contribution in [0.1, 0.15) is 18.4 Å². The third-order valence-electron chi connectivity index (χ3n) is 4.68. The zero-order valence-corrected chi connectivity index (χ0v) is 14.7. The SMILES string of the molecule is C=CCNc1ncnc(N2CCC(Cc3ccccc3)CC2)c1[N+](=O)[O-]. The van der Waals surface area contributed by atoms with Gasteiger partial charge in [0.2, 0.25) is 11.6 Å². The van der Waals surface area contributed by atoms with E-state index in [4.69, 9.17) is 0 Å². The zero-order chi connectivity index (χ0) is 18.4. The van der Waals surface area contributed by atoms with Crippen molar-refractivity contribution < 1.29 is 4.92 Å². The minimum absolute atomic E-state index is 0.0594. The van der Waals surface area contributed by atoms with Crippen molar-refractivity contribution in [1.29, 1.82) is 0 Å². The first-order valence-corrected chi connectivity index (χ1v) is 8.82. The molecule has 0 radical (unpaired) electrons. The Morgan fingerprint density at radius 1 is 1.27 bits per heavy atom. The Morgan fingerprint density at radius 2 is 2.00 bits per heavy atom. The number of hydrogen-bond donors (Lipinski definition) is 1. The quantitative estimate of drug-likeness (QED) is 0.466. The van der Waals surface area contributed by atoms with Crippen molar-refractivity contribution in [2.75, 3.05) is 29.9 Å². The van der Waals surface area contributed by atoms with Crippen molar-refractivity contribution >= 4 is 17.3 Å². The van der Waals surface area contributed by atoms with E-state index in [1.807, 2.05) is 11.0 Å². The van der Waals surface area contributed by atoms with E-state index in [1.54, 1.807) is 6.08 Å². The van der Waals surface area contributed by atoms with Crippen LogP contribution < -0.4 is 10.2 Å². The normalized spacial score (nSPS) is 14.8. The van der Waals surface area contributed by atoms with E-state index >= 15 is 0 Å². The van der Waals surface area contributed by atoms with Gasteiger partial charge in [0.15, 0.2) is 0 Å². The van der Waals surface area contributed by atoms with E-state index in [1.165, 1.54) is 11.9 Å². The molecule has 1 aliphatic heterocycles. The average molecular weight is 353 g/mol. The van der Waals surface area contributed by atoms with E-state index in [0.29, 0.717) is 18.3 Å². The smallest absolute Gasteiger partial charge is 0.353 e. The Morgan fingerprint density at radius 3 is 2.65 bits per heavy atom. The van der Waals surface area contributed by atoms with E-state index in [2.05, 4.69) is 46.1 Å². The fraction of sp³-hybridized carbons (Fsp3) is 0.368. The van der Waals surface area contributed by atoms with E-state index in [-0.39, 0.29) is 11.5 Å². The molecular formula is C19H23N5O2. The second-order valence-corrected chi connectivity index (χ2v) is 6.44. The highest BCUT2D eigenvalue weighted by Gasteiger charge is 2.29. The Hall–Kier alpha value is -2.96. The van der Waals surface area contributed by atoms with E-state index in [9.17, 15) is 10.1 Å². The van der Waals surface area contributed by atoms with Gasteiger partial charge in [0.1, 0.15) is 6.33 Å². The summed E-state index contributed by atoms with van der Waals surface area (Å²) in [5.74, 6) is 1.23. The molecule has 0 spiro atoms. The summed E-state index contributed by atoms with van der Waals surface area (Å²) < 4.78 is 0. The maximum absolute atomic E-state index is 11.6. The monoisotopic (exact) mass is 353 g/mol. The summed E-state index contributed by atoms with van der Waals surface area (Å²) in [4.78, 5) is 21.4. The van der Waals surface area contributed by atoms with Crippen molar-refractivity contribution in [3.05, 3.63) is 65.0 Å². The molecule has 0 unspecified atom stereocenters. The molecule has 7 heteroatoms. The van der Waals surface area contributed by atoms with Gasteiger partial charge < -0.3 is 10.2 Å². The predicted molar refractivity (Wildman–Crippen MR) is 102 cm³/mol. The number of rotatable bonds is 7. The molecule has 2 heterocycles. The van der Waals surface area contributed by atoms with E-state index < -0.39 is 4.92 Å². The molecule has 0 saturated carbocycles. The second kappa shape index (κ2) is 8.42. The minimum Gasteiger partial charge on any atom is -0.361 e. The maximum Gasteiger partial charge on any atom is 0.353 e. The van der Waals surface area contributed by atoms with Gasteiger partial charge in [-0.1, -0.05) is 36.4 Å². The summed E-state index contributed by atoms with van der Waals surface area (Å²) in [6.45, 7) is 5.55. The van der Waals surface area contributed by atoms with Crippen molar-refractivity contribution in [2.45, 2.75) is 19.3 Å². The fourth-order valence-electron chi connectivity index (χ4n) is 3.36. The molecule has 0 bridgehead atoms. The van der Waals surface area contributed by atoms with Crippen LogP contribution in [0, 0.1) is 16.0 Å². The van der Waals surface area contributed by atoms with Crippen LogP contribution in [0.25, 0.3) is 0 Å². The van der Waals surface area contributed by atoms with Crippen molar-refractivity contribution in [2.24, 2.45) is 5.92 Å². The lowest BCUT2D eigenvalue weighted by Gasteiger charge is -2.32. The molecule has 1 aromatic heterocycles. The molecular weight excluding hydrogens is 330 g/mol. The Labute approximate surface area is 152 Å². The van der Waals surface area contributed by atoms with Gasteiger partial charge in [-0.2, -0.15) is 0 Å². The molecule has 0 amide bonds. The number of piperidine rings is 1. The highest BCUT2D eigenvalue weighted by Crippen LogP contribution is 2.34. The van der Waals surface area contributed by atoms with Gasteiger partial charge in [-0.05, 0) is 30.7 Å². The first-order valence-electron chi connectivity index (χ1n) is 8.82. The summed E-state index contributed by atoms with van der Waals surface area (Å²) in [6, 6.07) is 10.5. The third-order valence-corrected chi connectivity index (χ3v) is 4.68. The molecule has 0 aliphatic carbocycles. The van der Waals surface area contributed by atoms with E-state index in [0.717, 1.165) is 32.4 Å². The molecule has 7 nitrogen and oxygen atoms in total. The number of aromatic nitrogens is 2. The number of hydrogen-bond acceptors (Lipinski definition) is 6.